The summed E-state index contributed by atoms with van der Waals surface area (Å²) in [5, 5.41) is 0.332. The fourth-order valence-corrected chi connectivity index (χ4v) is 1.32. The molecule has 0 fully saturated rings. The first-order valence-electron chi connectivity index (χ1n) is 4.74. The van der Waals surface area contributed by atoms with Crippen LogP contribution in [-0.2, 0) is 22.4 Å². The van der Waals surface area contributed by atoms with Gasteiger partial charge in [-0.1, -0.05) is 18.5 Å². The first kappa shape index (κ1) is 11.9. The molecule has 0 atom stereocenters. The normalized spacial score (nSPS) is 10.1. The smallest absolute Gasteiger partial charge is 0.310 e. The minimum absolute atomic E-state index is 0.113. The van der Waals surface area contributed by atoms with E-state index in [1.165, 1.54) is 7.11 Å². The maximum atomic E-state index is 11.0. The van der Waals surface area contributed by atoms with Gasteiger partial charge in [-0.25, -0.2) is 9.97 Å². The van der Waals surface area contributed by atoms with Crippen LogP contribution in [0.2, 0.25) is 5.15 Å². The van der Waals surface area contributed by atoms with Crippen LogP contribution in [0.4, 0.5) is 0 Å². The molecule has 4 nitrogen and oxygen atoms in total. The van der Waals surface area contributed by atoms with Gasteiger partial charge in [0.25, 0.3) is 0 Å². The Kier molecular flexibility index (Phi) is 4.49. The highest BCUT2D eigenvalue weighted by Gasteiger charge is 2.09. The Hall–Kier alpha value is -1.16. The van der Waals surface area contributed by atoms with Crippen molar-refractivity contribution in [3.63, 3.8) is 0 Å². The van der Waals surface area contributed by atoms with Crippen LogP contribution in [-0.4, -0.2) is 23.0 Å². The van der Waals surface area contributed by atoms with Crippen molar-refractivity contribution in [1.29, 1.82) is 0 Å². The Morgan fingerprint density at radius 2 is 2.33 bits per heavy atom. The molecule has 82 valence electrons. The third-order valence-electron chi connectivity index (χ3n) is 1.90. The molecular formula is C10H13ClN2O2. The van der Waals surface area contributed by atoms with Crippen LogP contribution in [0.5, 0.6) is 0 Å². The molecule has 0 spiro atoms. The van der Waals surface area contributed by atoms with Gasteiger partial charge >= 0.3 is 5.97 Å². The van der Waals surface area contributed by atoms with Crippen molar-refractivity contribution >= 4 is 17.6 Å². The van der Waals surface area contributed by atoms with Crippen molar-refractivity contribution in [3.8, 4) is 0 Å². The predicted octanol–water partition coefficient (Wildman–Crippen LogP) is 1.80. The molecule has 0 saturated carbocycles. The lowest BCUT2D eigenvalue weighted by Gasteiger charge is -2.03. The molecule has 1 rings (SSSR count). The van der Waals surface area contributed by atoms with E-state index >= 15 is 0 Å². The standard InChI is InChI=1S/C10H13ClN2O2/c1-3-4-8-12-6-7(10(11)13-8)5-9(14)15-2/h6H,3-5H2,1-2H3. The molecule has 0 aliphatic rings. The minimum atomic E-state index is -0.344. The zero-order chi connectivity index (χ0) is 11.3. The number of rotatable bonds is 4. The summed E-state index contributed by atoms with van der Waals surface area (Å²) in [6.07, 6.45) is 3.45. The van der Waals surface area contributed by atoms with E-state index < -0.39 is 0 Å². The number of halogens is 1. The van der Waals surface area contributed by atoms with Gasteiger partial charge in [0.2, 0.25) is 0 Å². The highest BCUT2D eigenvalue weighted by Crippen LogP contribution is 2.13. The van der Waals surface area contributed by atoms with E-state index in [4.69, 9.17) is 11.6 Å². The van der Waals surface area contributed by atoms with E-state index in [1.807, 2.05) is 6.92 Å². The number of methoxy groups -OCH3 is 1. The molecule has 0 amide bonds. The average molecular weight is 229 g/mol. The van der Waals surface area contributed by atoms with Gasteiger partial charge in [-0.05, 0) is 6.42 Å². The SMILES string of the molecule is CCCc1ncc(CC(=O)OC)c(Cl)n1. The summed E-state index contributed by atoms with van der Waals surface area (Å²) in [7, 11) is 1.34. The number of carbonyl (C=O) groups is 1. The van der Waals surface area contributed by atoms with E-state index in [2.05, 4.69) is 14.7 Å². The number of hydrogen-bond donors (Lipinski definition) is 0. The van der Waals surface area contributed by atoms with Crippen LogP contribution in [0.1, 0.15) is 24.7 Å². The zero-order valence-electron chi connectivity index (χ0n) is 8.79. The quantitative estimate of drug-likeness (QED) is 0.583. The summed E-state index contributed by atoms with van der Waals surface area (Å²) in [4.78, 5) is 19.2. The molecule has 15 heavy (non-hydrogen) atoms. The molecule has 0 aromatic carbocycles. The van der Waals surface area contributed by atoms with Crippen molar-refractivity contribution in [2.45, 2.75) is 26.2 Å². The number of nitrogens with zero attached hydrogens (tertiary/aromatic N) is 2. The maximum absolute atomic E-state index is 11.0. The Labute approximate surface area is 93.6 Å². The topological polar surface area (TPSA) is 52.1 Å². The number of carbonyl (C=O) groups excluding carboxylic acids is 1. The van der Waals surface area contributed by atoms with Crippen LogP contribution < -0.4 is 0 Å². The van der Waals surface area contributed by atoms with Crippen molar-refractivity contribution < 1.29 is 9.53 Å². The van der Waals surface area contributed by atoms with E-state index in [0.717, 1.165) is 12.8 Å². The molecule has 0 bridgehead atoms. The second kappa shape index (κ2) is 5.66. The van der Waals surface area contributed by atoms with Gasteiger partial charge < -0.3 is 4.74 Å². The molecular weight excluding hydrogens is 216 g/mol. The molecule has 1 aromatic rings. The molecule has 0 saturated heterocycles. The van der Waals surface area contributed by atoms with Crippen molar-refractivity contribution in [2.75, 3.05) is 7.11 Å². The largest absolute Gasteiger partial charge is 0.469 e. The lowest BCUT2D eigenvalue weighted by Crippen LogP contribution is -2.07. The average Bonchev–Trinajstić information content (AvgIpc) is 2.22. The van der Waals surface area contributed by atoms with Crippen molar-refractivity contribution in [1.82, 2.24) is 9.97 Å². The van der Waals surface area contributed by atoms with E-state index in [9.17, 15) is 4.79 Å². The molecule has 5 heteroatoms. The summed E-state index contributed by atoms with van der Waals surface area (Å²) in [6, 6.07) is 0. The highest BCUT2D eigenvalue weighted by molar-refractivity contribution is 6.30. The molecule has 1 heterocycles. The third kappa shape index (κ3) is 3.47. The van der Waals surface area contributed by atoms with Crippen LogP contribution in [0.3, 0.4) is 0 Å². The third-order valence-corrected chi connectivity index (χ3v) is 2.22. The Morgan fingerprint density at radius 3 is 2.87 bits per heavy atom. The second-order valence-corrected chi connectivity index (χ2v) is 3.46. The number of esters is 1. The summed E-state index contributed by atoms with van der Waals surface area (Å²) < 4.78 is 4.53. The fourth-order valence-electron chi connectivity index (χ4n) is 1.11. The molecule has 0 aliphatic heterocycles. The lowest BCUT2D eigenvalue weighted by atomic mass is 10.2. The summed E-state index contributed by atoms with van der Waals surface area (Å²) in [6.45, 7) is 2.04. The predicted molar refractivity (Wildman–Crippen MR) is 56.8 cm³/mol. The van der Waals surface area contributed by atoms with Crippen LogP contribution in [0.15, 0.2) is 6.20 Å². The van der Waals surface area contributed by atoms with Gasteiger partial charge in [0.15, 0.2) is 0 Å². The van der Waals surface area contributed by atoms with Gasteiger partial charge in [-0.2, -0.15) is 0 Å². The van der Waals surface area contributed by atoms with Gasteiger partial charge in [0.1, 0.15) is 11.0 Å². The second-order valence-electron chi connectivity index (χ2n) is 3.11. The molecule has 0 N–H and O–H groups in total. The monoisotopic (exact) mass is 228 g/mol. The van der Waals surface area contributed by atoms with Gasteiger partial charge in [0.05, 0.1) is 13.5 Å². The van der Waals surface area contributed by atoms with Crippen LogP contribution in [0, 0.1) is 0 Å². The van der Waals surface area contributed by atoms with Crippen LogP contribution in [0.25, 0.3) is 0 Å². The number of aromatic nitrogens is 2. The van der Waals surface area contributed by atoms with Gasteiger partial charge in [0, 0.05) is 18.2 Å². The van der Waals surface area contributed by atoms with Crippen molar-refractivity contribution in [2.24, 2.45) is 0 Å². The number of ether oxygens (including phenoxy) is 1. The first-order valence-corrected chi connectivity index (χ1v) is 5.12. The molecule has 1 aromatic heterocycles. The van der Waals surface area contributed by atoms with E-state index in [-0.39, 0.29) is 12.4 Å². The molecule has 0 aliphatic carbocycles. The highest BCUT2D eigenvalue weighted by atomic mass is 35.5. The van der Waals surface area contributed by atoms with E-state index in [1.54, 1.807) is 6.20 Å². The molecule has 0 radical (unpaired) electrons. The Bertz CT molecular complexity index is 355. The fraction of sp³-hybridized carbons (Fsp3) is 0.500. The summed E-state index contributed by atoms with van der Waals surface area (Å²) in [5.41, 5.74) is 0.600. The van der Waals surface area contributed by atoms with Crippen LogP contribution >= 0.6 is 11.6 Å². The number of hydrogen-bond acceptors (Lipinski definition) is 4. The van der Waals surface area contributed by atoms with Gasteiger partial charge in [-0.15, -0.1) is 0 Å². The maximum Gasteiger partial charge on any atom is 0.310 e. The summed E-state index contributed by atoms with van der Waals surface area (Å²) >= 11 is 5.91. The lowest BCUT2D eigenvalue weighted by molar-refractivity contribution is -0.139. The van der Waals surface area contributed by atoms with Gasteiger partial charge in [-0.3, -0.25) is 4.79 Å². The minimum Gasteiger partial charge on any atom is -0.469 e. The zero-order valence-corrected chi connectivity index (χ0v) is 9.54. The summed E-state index contributed by atoms with van der Waals surface area (Å²) in [5.74, 6) is 0.361. The van der Waals surface area contributed by atoms with E-state index in [0.29, 0.717) is 16.5 Å². The number of aryl methyl sites for hydroxylation is 1. The first-order chi connectivity index (χ1) is 7.17. The Balaban J connectivity index is 2.78. The van der Waals surface area contributed by atoms with Crippen molar-refractivity contribution in [3.05, 3.63) is 22.7 Å². The Morgan fingerprint density at radius 1 is 1.60 bits per heavy atom. The molecule has 0 unspecified atom stereocenters.